The summed E-state index contributed by atoms with van der Waals surface area (Å²) in [5, 5.41) is 6.30. The molecule has 3 atom stereocenters. The number of fused-ring (bicyclic) bond motifs is 1. The SMILES string of the molecule is CCOC(=O)C1=CN2C(=O)[C@H](NC(=O)c3ccccc3)[C@H](c3ccccc3)N2[C@@H]1c1ccc(C)cc1. The first-order valence-corrected chi connectivity index (χ1v) is 12.0. The second-order valence-electron chi connectivity index (χ2n) is 8.85. The molecule has 1 N–H and O–H groups in total. The van der Waals surface area contributed by atoms with Crippen LogP contribution in [-0.4, -0.2) is 40.5 Å². The molecule has 0 saturated carbocycles. The number of carbonyl (C=O) groups excluding carboxylic acids is 3. The van der Waals surface area contributed by atoms with Crippen molar-refractivity contribution >= 4 is 17.8 Å². The van der Waals surface area contributed by atoms with Crippen molar-refractivity contribution in [1.82, 2.24) is 15.3 Å². The van der Waals surface area contributed by atoms with E-state index in [1.54, 1.807) is 37.4 Å². The molecule has 1 saturated heterocycles. The Bertz CT molecular complexity index is 1310. The molecule has 2 amide bonds. The van der Waals surface area contributed by atoms with Gasteiger partial charge in [0, 0.05) is 11.8 Å². The summed E-state index contributed by atoms with van der Waals surface area (Å²) in [5.74, 6) is -1.12. The third kappa shape index (κ3) is 4.18. The van der Waals surface area contributed by atoms with Crippen molar-refractivity contribution in [2.75, 3.05) is 6.61 Å². The Balaban J connectivity index is 1.60. The first-order valence-electron chi connectivity index (χ1n) is 12.0. The van der Waals surface area contributed by atoms with Gasteiger partial charge in [-0.1, -0.05) is 78.4 Å². The first kappa shape index (κ1) is 23.5. The standard InChI is InChI=1S/C29H27N3O4/c1-3-36-29(35)23-18-31-28(34)24(30-27(33)22-12-8-5-9-13-22)26(20-10-6-4-7-11-20)32(31)25(23)21-16-14-19(2)15-17-21/h4-18,24-26H,3H2,1-2H3,(H,30,33)/t24-,25-,26+/m1/s1. The van der Waals surface area contributed by atoms with Gasteiger partial charge in [0.15, 0.2) is 0 Å². The van der Waals surface area contributed by atoms with Crippen LogP contribution in [0.1, 0.15) is 46.1 Å². The number of ether oxygens (including phenoxy) is 1. The molecule has 0 aromatic heterocycles. The van der Waals surface area contributed by atoms with Crippen LogP contribution in [0.15, 0.2) is 96.7 Å². The minimum absolute atomic E-state index is 0.225. The second kappa shape index (κ2) is 9.79. The van der Waals surface area contributed by atoms with Gasteiger partial charge in [-0.15, -0.1) is 0 Å². The van der Waals surface area contributed by atoms with E-state index in [0.29, 0.717) is 11.1 Å². The number of rotatable bonds is 6. The Morgan fingerprint density at radius 3 is 2.17 bits per heavy atom. The lowest BCUT2D eigenvalue weighted by Gasteiger charge is -2.33. The van der Waals surface area contributed by atoms with E-state index >= 15 is 0 Å². The summed E-state index contributed by atoms with van der Waals surface area (Å²) in [4.78, 5) is 39.9. The van der Waals surface area contributed by atoms with Crippen LogP contribution in [0.5, 0.6) is 0 Å². The van der Waals surface area contributed by atoms with Gasteiger partial charge in [0.05, 0.1) is 24.3 Å². The monoisotopic (exact) mass is 481 g/mol. The molecule has 0 unspecified atom stereocenters. The van der Waals surface area contributed by atoms with Gasteiger partial charge in [-0.3, -0.25) is 9.59 Å². The number of esters is 1. The average Bonchev–Trinajstić information content (AvgIpc) is 3.41. The van der Waals surface area contributed by atoms with Gasteiger partial charge < -0.3 is 10.1 Å². The highest BCUT2D eigenvalue weighted by atomic mass is 16.5. The molecule has 0 spiro atoms. The topological polar surface area (TPSA) is 79.0 Å². The second-order valence-corrected chi connectivity index (χ2v) is 8.85. The summed E-state index contributed by atoms with van der Waals surface area (Å²) in [5.41, 5.74) is 3.63. The summed E-state index contributed by atoms with van der Waals surface area (Å²) in [6.45, 7) is 3.97. The lowest BCUT2D eigenvalue weighted by atomic mass is 9.93. The highest BCUT2D eigenvalue weighted by Crippen LogP contribution is 2.48. The van der Waals surface area contributed by atoms with Gasteiger partial charge in [-0.2, -0.15) is 5.01 Å². The molecule has 7 nitrogen and oxygen atoms in total. The quantitative estimate of drug-likeness (QED) is 0.537. The van der Waals surface area contributed by atoms with Crippen molar-refractivity contribution in [3.8, 4) is 0 Å². The molecule has 3 aromatic carbocycles. The Kier molecular flexibility index (Phi) is 6.40. The van der Waals surface area contributed by atoms with E-state index in [0.717, 1.165) is 16.7 Å². The molecule has 1 fully saturated rings. The van der Waals surface area contributed by atoms with Gasteiger partial charge in [0.1, 0.15) is 6.04 Å². The van der Waals surface area contributed by atoms with E-state index in [-0.39, 0.29) is 18.4 Å². The number of hydrogen-bond acceptors (Lipinski definition) is 5. The zero-order valence-electron chi connectivity index (χ0n) is 20.1. The Morgan fingerprint density at radius 1 is 0.889 bits per heavy atom. The van der Waals surface area contributed by atoms with E-state index in [2.05, 4.69) is 5.32 Å². The highest BCUT2D eigenvalue weighted by Gasteiger charge is 2.55. The molecule has 7 heteroatoms. The van der Waals surface area contributed by atoms with Gasteiger partial charge in [-0.05, 0) is 37.1 Å². The summed E-state index contributed by atoms with van der Waals surface area (Å²) in [7, 11) is 0. The Labute approximate surface area is 209 Å². The minimum atomic E-state index is -0.854. The Hall–Kier alpha value is -4.23. The van der Waals surface area contributed by atoms with Crippen LogP contribution in [0, 0.1) is 6.92 Å². The normalized spacial score (nSPS) is 21.2. The molecular formula is C29H27N3O4. The number of carbonyl (C=O) groups is 3. The van der Waals surface area contributed by atoms with Crippen LogP contribution in [-0.2, 0) is 14.3 Å². The van der Waals surface area contributed by atoms with Crippen LogP contribution in [0.2, 0.25) is 0 Å². The van der Waals surface area contributed by atoms with Crippen molar-refractivity contribution in [3.05, 3.63) is 119 Å². The maximum atomic E-state index is 13.8. The summed E-state index contributed by atoms with van der Waals surface area (Å²) < 4.78 is 5.35. The fraction of sp³-hybridized carbons (Fsp3) is 0.207. The molecule has 0 aliphatic carbocycles. The molecule has 5 rings (SSSR count). The van der Waals surface area contributed by atoms with Crippen molar-refractivity contribution in [3.63, 3.8) is 0 Å². The van der Waals surface area contributed by atoms with E-state index in [1.807, 2.05) is 72.6 Å². The maximum absolute atomic E-state index is 13.8. The highest BCUT2D eigenvalue weighted by molar-refractivity contribution is 5.99. The van der Waals surface area contributed by atoms with Gasteiger partial charge in [0.25, 0.3) is 11.8 Å². The lowest BCUT2D eigenvalue weighted by molar-refractivity contribution is -0.140. The summed E-state index contributed by atoms with van der Waals surface area (Å²) in [6.07, 6.45) is 1.55. The zero-order valence-corrected chi connectivity index (χ0v) is 20.1. The van der Waals surface area contributed by atoms with Crippen molar-refractivity contribution in [2.24, 2.45) is 0 Å². The predicted octanol–water partition coefficient (Wildman–Crippen LogP) is 4.10. The molecule has 36 heavy (non-hydrogen) atoms. The molecule has 182 valence electrons. The number of aryl methyl sites for hydroxylation is 1. The van der Waals surface area contributed by atoms with Crippen LogP contribution in [0.3, 0.4) is 0 Å². The third-order valence-corrected chi connectivity index (χ3v) is 6.53. The summed E-state index contributed by atoms with van der Waals surface area (Å²) >= 11 is 0. The Morgan fingerprint density at radius 2 is 1.53 bits per heavy atom. The van der Waals surface area contributed by atoms with E-state index in [4.69, 9.17) is 4.74 Å². The van der Waals surface area contributed by atoms with Crippen molar-refractivity contribution in [1.29, 1.82) is 0 Å². The van der Waals surface area contributed by atoms with Crippen LogP contribution in [0.4, 0.5) is 0 Å². The predicted molar refractivity (Wildman–Crippen MR) is 134 cm³/mol. The smallest absolute Gasteiger partial charge is 0.337 e. The molecule has 2 heterocycles. The molecular weight excluding hydrogens is 454 g/mol. The molecule has 0 radical (unpaired) electrons. The number of hydrazine groups is 1. The molecule has 2 aliphatic rings. The van der Waals surface area contributed by atoms with E-state index < -0.39 is 24.1 Å². The zero-order chi connectivity index (χ0) is 25.2. The minimum Gasteiger partial charge on any atom is -0.463 e. The van der Waals surface area contributed by atoms with Crippen molar-refractivity contribution in [2.45, 2.75) is 32.0 Å². The fourth-order valence-corrected chi connectivity index (χ4v) is 4.85. The van der Waals surface area contributed by atoms with Gasteiger partial charge >= 0.3 is 5.97 Å². The van der Waals surface area contributed by atoms with E-state index in [9.17, 15) is 14.4 Å². The molecule has 2 aliphatic heterocycles. The first-order chi connectivity index (χ1) is 17.5. The van der Waals surface area contributed by atoms with Gasteiger partial charge in [-0.25, -0.2) is 9.80 Å². The largest absolute Gasteiger partial charge is 0.463 e. The number of amides is 2. The number of nitrogens with zero attached hydrogens (tertiary/aromatic N) is 2. The third-order valence-electron chi connectivity index (χ3n) is 6.53. The maximum Gasteiger partial charge on any atom is 0.337 e. The van der Waals surface area contributed by atoms with Crippen LogP contribution >= 0.6 is 0 Å². The van der Waals surface area contributed by atoms with Crippen LogP contribution in [0.25, 0.3) is 0 Å². The molecule has 0 bridgehead atoms. The van der Waals surface area contributed by atoms with Gasteiger partial charge in [0.2, 0.25) is 0 Å². The van der Waals surface area contributed by atoms with E-state index in [1.165, 1.54) is 5.01 Å². The fourth-order valence-electron chi connectivity index (χ4n) is 4.85. The number of nitrogens with one attached hydrogen (secondary N) is 1. The average molecular weight is 482 g/mol. The lowest BCUT2D eigenvalue weighted by Crippen LogP contribution is -2.43. The summed E-state index contributed by atoms with van der Waals surface area (Å²) in [6, 6.07) is 24.3. The van der Waals surface area contributed by atoms with Crippen molar-refractivity contribution < 1.29 is 19.1 Å². The number of benzene rings is 3. The van der Waals surface area contributed by atoms with Crippen LogP contribution < -0.4 is 5.32 Å². The molecule has 3 aromatic rings. The number of hydrogen-bond donors (Lipinski definition) is 1.